The highest BCUT2D eigenvalue weighted by Gasteiger charge is 2.13. The molecule has 2 heterocycles. The lowest BCUT2D eigenvalue weighted by Gasteiger charge is -2.04. The number of hydrogen-bond acceptors (Lipinski definition) is 2. The summed E-state index contributed by atoms with van der Waals surface area (Å²) < 4.78 is 20.6. The number of hydrogen-bond donors (Lipinski definition) is 0. The molecule has 0 fully saturated rings. The molecule has 0 unspecified atom stereocenters. The molecule has 3 rings (SSSR count). The molecule has 0 radical (unpaired) electrons. The Morgan fingerprint density at radius 2 is 2.11 bits per heavy atom. The van der Waals surface area contributed by atoms with E-state index in [1.165, 1.54) is 12.1 Å². The van der Waals surface area contributed by atoms with E-state index < -0.39 is 0 Å². The van der Waals surface area contributed by atoms with Gasteiger partial charge in [0.1, 0.15) is 22.9 Å². The third kappa shape index (κ3) is 2.27. The van der Waals surface area contributed by atoms with Gasteiger partial charge in [-0.3, -0.25) is 4.40 Å². The Hall–Kier alpha value is -2.07. The average molecular weight is 277 g/mol. The van der Waals surface area contributed by atoms with Crippen molar-refractivity contribution in [2.24, 2.45) is 0 Å². The minimum Gasteiger partial charge on any atom is -0.437 e. The van der Waals surface area contributed by atoms with Gasteiger partial charge in [0.15, 0.2) is 0 Å². The van der Waals surface area contributed by atoms with Crippen molar-refractivity contribution in [3.63, 3.8) is 0 Å². The van der Waals surface area contributed by atoms with Gasteiger partial charge in [-0.15, -0.1) is 11.6 Å². The van der Waals surface area contributed by atoms with E-state index in [1.54, 1.807) is 12.1 Å². The van der Waals surface area contributed by atoms with Crippen LogP contribution in [0.5, 0.6) is 11.6 Å². The molecule has 3 nitrogen and oxygen atoms in total. The molecular formula is C14H10ClFN2O. The van der Waals surface area contributed by atoms with E-state index >= 15 is 0 Å². The summed E-state index contributed by atoms with van der Waals surface area (Å²) in [6.07, 6.45) is 1.86. The van der Waals surface area contributed by atoms with Crippen LogP contribution in [0.25, 0.3) is 5.65 Å². The normalized spacial score (nSPS) is 10.8. The van der Waals surface area contributed by atoms with Gasteiger partial charge in [0, 0.05) is 12.3 Å². The van der Waals surface area contributed by atoms with E-state index in [0.717, 1.165) is 11.3 Å². The summed E-state index contributed by atoms with van der Waals surface area (Å²) in [5.41, 5.74) is 1.48. The number of fused-ring (bicyclic) bond motifs is 1. The summed E-state index contributed by atoms with van der Waals surface area (Å²) in [4.78, 5) is 4.34. The zero-order chi connectivity index (χ0) is 13.2. The maximum Gasteiger partial charge on any atom is 0.242 e. The number of benzene rings is 1. The van der Waals surface area contributed by atoms with Crippen LogP contribution in [0.2, 0.25) is 0 Å². The first-order valence-corrected chi connectivity index (χ1v) is 6.27. The van der Waals surface area contributed by atoms with Crippen molar-refractivity contribution < 1.29 is 9.13 Å². The summed E-state index contributed by atoms with van der Waals surface area (Å²) in [6.45, 7) is 0. The number of imidazole rings is 1. The summed E-state index contributed by atoms with van der Waals surface area (Å²) >= 11 is 5.93. The summed E-state index contributed by atoms with van der Waals surface area (Å²) in [7, 11) is 0. The number of alkyl halides is 1. The van der Waals surface area contributed by atoms with Crippen LogP contribution >= 0.6 is 11.6 Å². The molecule has 19 heavy (non-hydrogen) atoms. The fourth-order valence-corrected chi connectivity index (χ4v) is 2.11. The Kier molecular flexibility index (Phi) is 3.09. The van der Waals surface area contributed by atoms with Gasteiger partial charge < -0.3 is 4.74 Å². The minimum absolute atomic E-state index is 0.260. The molecule has 0 aliphatic carbocycles. The Morgan fingerprint density at radius 1 is 1.21 bits per heavy atom. The minimum atomic E-state index is -0.353. The van der Waals surface area contributed by atoms with Crippen molar-refractivity contribution >= 4 is 17.2 Å². The first-order chi connectivity index (χ1) is 9.28. The SMILES string of the molecule is Fc1cccc(Oc2nc3ccccn3c2CCl)c1. The van der Waals surface area contributed by atoms with Crippen LogP contribution in [-0.2, 0) is 5.88 Å². The van der Waals surface area contributed by atoms with Gasteiger partial charge in [-0.05, 0) is 24.3 Å². The molecule has 3 aromatic rings. The van der Waals surface area contributed by atoms with Crippen LogP contribution < -0.4 is 4.74 Å². The number of halogens is 2. The Labute approximate surface area is 114 Å². The zero-order valence-electron chi connectivity index (χ0n) is 9.88. The fraction of sp³-hybridized carbons (Fsp3) is 0.0714. The maximum atomic E-state index is 13.1. The Balaban J connectivity index is 2.05. The van der Waals surface area contributed by atoms with Crippen molar-refractivity contribution in [2.75, 3.05) is 0 Å². The monoisotopic (exact) mass is 276 g/mol. The second-order valence-corrected chi connectivity index (χ2v) is 4.25. The number of nitrogens with zero attached hydrogens (tertiary/aromatic N) is 2. The smallest absolute Gasteiger partial charge is 0.242 e. The largest absolute Gasteiger partial charge is 0.437 e. The van der Waals surface area contributed by atoms with E-state index in [4.69, 9.17) is 16.3 Å². The van der Waals surface area contributed by atoms with Gasteiger partial charge in [0.05, 0.1) is 5.88 Å². The lowest BCUT2D eigenvalue weighted by molar-refractivity contribution is 0.457. The molecule has 96 valence electrons. The second kappa shape index (κ2) is 4.90. The fourth-order valence-electron chi connectivity index (χ4n) is 1.87. The van der Waals surface area contributed by atoms with Crippen LogP contribution in [0.1, 0.15) is 5.69 Å². The lowest BCUT2D eigenvalue weighted by Crippen LogP contribution is -1.92. The molecule has 0 aliphatic heterocycles. The van der Waals surface area contributed by atoms with Gasteiger partial charge in [-0.25, -0.2) is 4.39 Å². The van der Waals surface area contributed by atoms with Crippen LogP contribution in [0.4, 0.5) is 4.39 Å². The van der Waals surface area contributed by atoms with Gasteiger partial charge >= 0.3 is 0 Å². The van der Waals surface area contributed by atoms with Gasteiger partial charge in [-0.1, -0.05) is 12.1 Å². The van der Waals surface area contributed by atoms with Crippen LogP contribution in [0.15, 0.2) is 48.7 Å². The molecule has 0 atom stereocenters. The molecule has 0 bridgehead atoms. The van der Waals surface area contributed by atoms with Gasteiger partial charge in [-0.2, -0.15) is 4.98 Å². The van der Waals surface area contributed by atoms with Crippen LogP contribution in [0, 0.1) is 5.82 Å². The summed E-state index contributed by atoms with van der Waals surface area (Å²) in [6, 6.07) is 11.5. The Bertz CT molecular complexity index is 726. The van der Waals surface area contributed by atoms with Crippen molar-refractivity contribution in [2.45, 2.75) is 5.88 Å². The van der Waals surface area contributed by atoms with E-state index in [1.807, 2.05) is 28.8 Å². The summed E-state index contributed by atoms with van der Waals surface area (Å²) in [5, 5.41) is 0. The molecule has 5 heteroatoms. The van der Waals surface area contributed by atoms with E-state index in [2.05, 4.69) is 4.98 Å². The van der Waals surface area contributed by atoms with E-state index in [9.17, 15) is 4.39 Å². The number of aromatic nitrogens is 2. The molecule has 0 amide bonds. The van der Waals surface area contributed by atoms with Crippen molar-refractivity contribution in [1.82, 2.24) is 9.38 Å². The van der Waals surface area contributed by atoms with Gasteiger partial charge in [0.25, 0.3) is 0 Å². The van der Waals surface area contributed by atoms with Crippen LogP contribution in [-0.4, -0.2) is 9.38 Å². The molecule has 2 aromatic heterocycles. The first-order valence-electron chi connectivity index (χ1n) is 5.73. The molecule has 0 N–H and O–H groups in total. The predicted octanol–water partition coefficient (Wildman–Crippen LogP) is 4.00. The molecule has 0 saturated heterocycles. The predicted molar refractivity (Wildman–Crippen MR) is 71.2 cm³/mol. The molecule has 0 aliphatic rings. The molecule has 0 saturated carbocycles. The molecule has 1 aromatic carbocycles. The first kappa shape index (κ1) is 12.0. The highest BCUT2D eigenvalue weighted by molar-refractivity contribution is 6.17. The van der Waals surface area contributed by atoms with Crippen molar-refractivity contribution in [3.05, 3.63) is 60.2 Å². The highest BCUT2D eigenvalue weighted by Crippen LogP contribution is 2.27. The van der Waals surface area contributed by atoms with Crippen molar-refractivity contribution in [3.8, 4) is 11.6 Å². The zero-order valence-corrected chi connectivity index (χ0v) is 10.6. The van der Waals surface area contributed by atoms with E-state index in [-0.39, 0.29) is 11.7 Å². The lowest BCUT2D eigenvalue weighted by atomic mass is 10.3. The third-order valence-electron chi connectivity index (χ3n) is 2.73. The van der Waals surface area contributed by atoms with Gasteiger partial charge in [0.2, 0.25) is 5.88 Å². The third-order valence-corrected chi connectivity index (χ3v) is 2.98. The summed E-state index contributed by atoms with van der Waals surface area (Å²) in [5.74, 6) is 0.700. The van der Waals surface area contributed by atoms with E-state index in [0.29, 0.717) is 11.6 Å². The molecule has 0 spiro atoms. The quantitative estimate of drug-likeness (QED) is 0.676. The number of rotatable bonds is 3. The topological polar surface area (TPSA) is 26.5 Å². The van der Waals surface area contributed by atoms with Crippen LogP contribution in [0.3, 0.4) is 0 Å². The second-order valence-electron chi connectivity index (χ2n) is 3.99. The number of ether oxygens (including phenoxy) is 1. The standard InChI is InChI=1S/C14H10ClFN2O/c15-9-12-14(17-13-6-1-2-7-18(12)13)19-11-5-3-4-10(16)8-11/h1-8H,9H2. The number of pyridine rings is 1. The maximum absolute atomic E-state index is 13.1. The Morgan fingerprint density at radius 3 is 2.89 bits per heavy atom. The molecular weight excluding hydrogens is 267 g/mol. The van der Waals surface area contributed by atoms with Crippen molar-refractivity contribution in [1.29, 1.82) is 0 Å². The highest BCUT2D eigenvalue weighted by atomic mass is 35.5. The average Bonchev–Trinajstić information content (AvgIpc) is 2.75.